The first-order valence-electron chi connectivity index (χ1n) is 3.52. The third-order valence-electron chi connectivity index (χ3n) is 1.34. The summed E-state index contributed by atoms with van der Waals surface area (Å²) in [6.07, 6.45) is 3.48. The van der Waals surface area contributed by atoms with Gasteiger partial charge in [0.05, 0.1) is 0 Å². The Labute approximate surface area is 76.7 Å². The molecule has 0 bridgehead atoms. The van der Waals surface area contributed by atoms with Crippen molar-refractivity contribution >= 4 is 11.8 Å². The summed E-state index contributed by atoms with van der Waals surface area (Å²) < 4.78 is 5.15. The lowest BCUT2D eigenvalue weighted by Crippen LogP contribution is -1.79. The zero-order chi connectivity index (χ0) is 8.81. The van der Waals surface area contributed by atoms with E-state index >= 15 is 0 Å². The first-order valence-corrected chi connectivity index (χ1v) is 4.74. The zero-order valence-corrected chi connectivity index (χ0v) is 7.73. The Morgan fingerprint density at radius 3 is 2.58 bits per heavy atom. The molecule has 0 atom stereocenters. The second-order valence-electron chi connectivity index (χ2n) is 2.12. The van der Waals surface area contributed by atoms with E-state index in [9.17, 15) is 0 Å². The van der Waals surface area contributed by atoms with Gasteiger partial charge in [0.15, 0.2) is 0 Å². The molecule has 0 saturated heterocycles. The molecule has 1 rings (SSSR count). The van der Waals surface area contributed by atoms with Crippen LogP contribution < -0.4 is 4.74 Å². The smallest absolute Gasteiger partial charge is 0.133 e. The van der Waals surface area contributed by atoms with Gasteiger partial charge >= 0.3 is 0 Å². The fraction of sp³-hybridized carbons (Fsp3) is 0.100. The normalized spacial score (nSPS) is 8.75. The topological polar surface area (TPSA) is 9.23 Å². The highest BCUT2D eigenvalue weighted by Gasteiger charge is 1.90. The van der Waals surface area contributed by atoms with Gasteiger partial charge in [-0.05, 0) is 30.5 Å². The minimum atomic E-state index is 0.809. The minimum absolute atomic E-state index is 0.809. The van der Waals surface area contributed by atoms with Crippen molar-refractivity contribution in [1.82, 2.24) is 0 Å². The van der Waals surface area contributed by atoms with Crippen LogP contribution in [0.3, 0.4) is 0 Å². The third-order valence-corrected chi connectivity index (χ3v) is 2.08. The summed E-state index contributed by atoms with van der Waals surface area (Å²) in [5.74, 6) is 0.809. The average Bonchev–Trinajstić information content (AvgIpc) is 2.15. The predicted molar refractivity (Wildman–Crippen MR) is 52.6 cm³/mol. The largest absolute Gasteiger partial charge is 0.457 e. The van der Waals surface area contributed by atoms with Crippen LogP contribution in [0.2, 0.25) is 0 Å². The summed E-state index contributed by atoms with van der Waals surface area (Å²) in [6, 6.07) is 7.85. The molecule has 0 aliphatic rings. The van der Waals surface area contributed by atoms with Crippen LogP contribution in [0.15, 0.2) is 47.7 Å². The van der Waals surface area contributed by atoms with E-state index in [4.69, 9.17) is 4.74 Å². The predicted octanol–water partition coefficient (Wildman–Crippen LogP) is 3.09. The fourth-order valence-electron chi connectivity index (χ4n) is 0.764. The molecule has 0 aliphatic heterocycles. The summed E-state index contributed by atoms with van der Waals surface area (Å²) >= 11 is 1.71. The minimum Gasteiger partial charge on any atom is -0.457 e. The quantitative estimate of drug-likeness (QED) is 0.399. The van der Waals surface area contributed by atoms with Gasteiger partial charge in [-0.3, -0.25) is 0 Å². The number of thioether (sulfide) groups is 1. The molecule has 0 amide bonds. The van der Waals surface area contributed by atoms with E-state index in [-0.39, 0.29) is 0 Å². The van der Waals surface area contributed by atoms with Crippen LogP contribution in [0.5, 0.6) is 5.75 Å². The molecule has 62 valence electrons. The van der Waals surface area contributed by atoms with Gasteiger partial charge in [-0.1, -0.05) is 12.3 Å². The van der Waals surface area contributed by atoms with Gasteiger partial charge in [-0.25, -0.2) is 0 Å². The van der Waals surface area contributed by atoms with Crippen LogP contribution >= 0.6 is 11.8 Å². The van der Waals surface area contributed by atoms with Gasteiger partial charge in [0.25, 0.3) is 0 Å². The van der Waals surface area contributed by atoms with Crippen LogP contribution in [0, 0.1) is 0 Å². The lowest BCUT2D eigenvalue weighted by molar-refractivity contribution is 0.482. The van der Waals surface area contributed by atoms with E-state index in [1.54, 1.807) is 11.8 Å². The van der Waals surface area contributed by atoms with Gasteiger partial charge in [0, 0.05) is 4.90 Å². The molecule has 0 saturated carbocycles. The highest BCUT2D eigenvalue weighted by atomic mass is 32.2. The Morgan fingerprint density at radius 1 is 1.42 bits per heavy atom. The second-order valence-corrected chi connectivity index (χ2v) is 3.00. The summed E-state index contributed by atoms with van der Waals surface area (Å²) in [6.45, 7) is 3.40. The molecule has 0 spiro atoms. The highest BCUT2D eigenvalue weighted by Crippen LogP contribution is 2.18. The number of hydrogen-bond acceptors (Lipinski definition) is 2. The van der Waals surface area contributed by atoms with Crippen molar-refractivity contribution in [3.8, 4) is 5.75 Å². The molecule has 1 aromatic rings. The molecular formula is C10H10OS. The standard InChI is InChI=1S/C10H10OS/c1-3-8-11-9-4-6-10(12-2)7-5-9/h4-8H,1H2,2H3. The Hall–Kier alpha value is -1.11. The molecule has 0 N–H and O–H groups in total. The Kier molecular flexibility index (Phi) is 3.52. The van der Waals surface area contributed by atoms with Crippen molar-refractivity contribution in [1.29, 1.82) is 0 Å². The van der Waals surface area contributed by atoms with Crippen molar-refractivity contribution < 1.29 is 4.74 Å². The lowest BCUT2D eigenvalue weighted by atomic mass is 10.3. The highest BCUT2D eigenvalue weighted by molar-refractivity contribution is 7.98. The summed E-state index contributed by atoms with van der Waals surface area (Å²) in [5.41, 5.74) is 2.54. The maximum absolute atomic E-state index is 5.15. The van der Waals surface area contributed by atoms with Gasteiger partial charge in [0.1, 0.15) is 12.0 Å². The number of ether oxygens (including phenoxy) is 1. The SMILES string of the molecule is C=C=COc1ccc(SC)cc1. The lowest BCUT2D eigenvalue weighted by Gasteiger charge is -1.99. The van der Waals surface area contributed by atoms with E-state index < -0.39 is 0 Å². The second kappa shape index (κ2) is 4.70. The molecule has 1 nitrogen and oxygen atoms in total. The van der Waals surface area contributed by atoms with Crippen LogP contribution in [-0.4, -0.2) is 6.26 Å². The van der Waals surface area contributed by atoms with Gasteiger partial charge in [-0.2, -0.15) is 0 Å². The zero-order valence-electron chi connectivity index (χ0n) is 6.91. The van der Waals surface area contributed by atoms with Gasteiger partial charge in [0.2, 0.25) is 0 Å². The Bertz CT molecular complexity index is 283. The van der Waals surface area contributed by atoms with Crippen LogP contribution in [0.4, 0.5) is 0 Å². The van der Waals surface area contributed by atoms with E-state index in [1.807, 2.05) is 30.5 Å². The maximum atomic E-state index is 5.15. The molecule has 0 unspecified atom stereocenters. The first-order chi connectivity index (χ1) is 5.86. The first kappa shape index (κ1) is 8.98. The third kappa shape index (κ3) is 2.50. The Morgan fingerprint density at radius 2 is 2.08 bits per heavy atom. The molecule has 0 aliphatic carbocycles. The summed E-state index contributed by atoms with van der Waals surface area (Å²) in [7, 11) is 0. The fourth-order valence-corrected chi connectivity index (χ4v) is 1.17. The maximum Gasteiger partial charge on any atom is 0.133 e. The van der Waals surface area contributed by atoms with E-state index in [1.165, 1.54) is 11.2 Å². The summed E-state index contributed by atoms with van der Waals surface area (Å²) in [5, 5.41) is 0. The van der Waals surface area contributed by atoms with Crippen LogP contribution in [0.25, 0.3) is 0 Å². The monoisotopic (exact) mass is 178 g/mol. The van der Waals surface area contributed by atoms with Crippen molar-refractivity contribution in [3.63, 3.8) is 0 Å². The summed E-state index contributed by atoms with van der Waals surface area (Å²) in [4.78, 5) is 1.23. The molecule has 12 heavy (non-hydrogen) atoms. The van der Waals surface area contributed by atoms with Crippen molar-refractivity contribution in [2.75, 3.05) is 6.26 Å². The van der Waals surface area contributed by atoms with Gasteiger partial charge < -0.3 is 4.74 Å². The number of rotatable bonds is 3. The molecule has 1 aromatic carbocycles. The molecule has 0 aromatic heterocycles. The van der Waals surface area contributed by atoms with Crippen molar-refractivity contribution in [2.24, 2.45) is 0 Å². The van der Waals surface area contributed by atoms with E-state index in [0.29, 0.717) is 0 Å². The van der Waals surface area contributed by atoms with Crippen LogP contribution in [-0.2, 0) is 0 Å². The van der Waals surface area contributed by atoms with Crippen molar-refractivity contribution in [3.05, 3.63) is 42.8 Å². The molecule has 0 radical (unpaired) electrons. The molecule has 0 fully saturated rings. The van der Waals surface area contributed by atoms with E-state index in [2.05, 4.69) is 12.3 Å². The van der Waals surface area contributed by atoms with E-state index in [0.717, 1.165) is 5.75 Å². The Balaban J connectivity index is 2.70. The van der Waals surface area contributed by atoms with Crippen LogP contribution in [0.1, 0.15) is 0 Å². The molecule has 0 heterocycles. The van der Waals surface area contributed by atoms with Crippen molar-refractivity contribution in [2.45, 2.75) is 4.90 Å². The molecule has 2 heteroatoms. The van der Waals surface area contributed by atoms with Gasteiger partial charge in [-0.15, -0.1) is 11.8 Å². The molecular weight excluding hydrogens is 168 g/mol. The average molecular weight is 178 g/mol. The number of benzene rings is 1. The number of hydrogen-bond donors (Lipinski definition) is 0.